The highest BCUT2D eigenvalue weighted by atomic mass is 16.5. The minimum atomic E-state index is -0.00876. The number of piperidine rings is 1. The summed E-state index contributed by atoms with van der Waals surface area (Å²) in [5, 5.41) is 2.96. The Kier molecular flexibility index (Phi) is 5.27. The molecule has 126 valence electrons. The van der Waals surface area contributed by atoms with Crippen LogP contribution in [0.1, 0.15) is 31.2 Å². The van der Waals surface area contributed by atoms with Crippen molar-refractivity contribution >= 4 is 6.03 Å². The Morgan fingerprint density at radius 3 is 2.74 bits per heavy atom. The molecule has 3 heterocycles. The second-order valence-electron chi connectivity index (χ2n) is 6.17. The van der Waals surface area contributed by atoms with Crippen LogP contribution in [0.25, 0.3) is 0 Å². The van der Waals surface area contributed by atoms with E-state index >= 15 is 0 Å². The summed E-state index contributed by atoms with van der Waals surface area (Å²) in [6, 6.07) is 0.405. The number of amides is 2. The lowest BCUT2D eigenvalue weighted by Gasteiger charge is -2.31. The van der Waals surface area contributed by atoms with Gasteiger partial charge in [-0.3, -0.25) is 0 Å². The molecule has 0 bridgehead atoms. The molecule has 2 aliphatic rings. The number of aryl methyl sites for hydroxylation is 1. The van der Waals surface area contributed by atoms with E-state index < -0.39 is 0 Å². The third-order valence-corrected chi connectivity index (χ3v) is 4.26. The summed E-state index contributed by atoms with van der Waals surface area (Å²) < 4.78 is 11.3. The topological polar surface area (TPSA) is 76.6 Å². The predicted molar refractivity (Wildman–Crippen MR) is 84.4 cm³/mol. The van der Waals surface area contributed by atoms with E-state index in [1.807, 2.05) is 11.8 Å². The minimum Gasteiger partial charge on any atom is -0.460 e. The molecule has 3 rings (SSSR count). The smallest absolute Gasteiger partial charge is 0.317 e. The van der Waals surface area contributed by atoms with Crippen LogP contribution in [-0.4, -0.2) is 59.3 Å². The van der Waals surface area contributed by atoms with Crippen LogP contribution in [0.15, 0.2) is 12.4 Å². The van der Waals surface area contributed by atoms with Crippen molar-refractivity contribution in [2.45, 2.75) is 44.8 Å². The quantitative estimate of drug-likeness (QED) is 0.910. The highest BCUT2D eigenvalue weighted by Crippen LogP contribution is 2.16. The summed E-state index contributed by atoms with van der Waals surface area (Å²) >= 11 is 0. The maximum atomic E-state index is 12.2. The number of nitrogens with zero attached hydrogens (tertiary/aromatic N) is 3. The number of rotatable bonds is 4. The Hall–Kier alpha value is -1.89. The molecule has 1 atom stereocenters. The number of carbonyl (C=O) groups is 1. The fourth-order valence-corrected chi connectivity index (χ4v) is 2.89. The van der Waals surface area contributed by atoms with Crippen molar-refractivity contribution in [1.82, 2.24) is 20.2 Å². The van der Waals surface area contributed by atoms with Crippen molar-refractivity contribution in [3.8, 4) is 6.01 Å². The first-order chi connectivity index (χ1) is 11.2. The Morgan fingerprint density at radius 2 is 2.09 bits per heavy atom. The number of hydrogen-bond acceptors (Lipinski definition) is 5. The predicted octanol–water partition coefficient (Wildman–Crippen LogP) is 1.52. The molecule has 7 heteroatoms. The van der Waals surface area contributed by atoms with Crippen LogP contribution in [0.3, 0.4) is 0 Å². The highest BCUT2D eigenvalue weighted by Gasteiger charge is 2.25. The summed E-state index contributed by atoms with van der Waals surface area (Å²) in [5.41, 5.74) is 1.01. The van der Waals surface area contributed by atoms with Gasteiger partial charge in [0.25, 0.3) is 0 Å². The molecule has 0 aromatic carbocycles. The zero-order valence-corrected chi connectivity index (χ0v) is 13.5. The molecule has 0 saturated carbocycles. The molecular weight excluding hydrogens is 296 g/mol. The maximum Gasteiger partial charge on any atom is 0.317 e. The van der Waals surface area contributed by atoms with Crippen molar-refractivity contribution in [2.75, 3.05) is 26.2 Å². The van der Waals surface area contributed by atoms with Gasteiger partial charge in [-0.2, -0.15) is 0 Å². The van der Waals surface area contributed by atoms with Crippen molar-refractivity contribution in [2.24, 2.45) is 0 Å². The molecule has 1 aromatic rings. The number of likely N-dealkylation sites (tertiary alicyclic amines) is 1. The average molecular weight is 320 g/mol. The molecule has 1 N–H and O–H groups in total. The van der Waals surface area contributed by atoms with Crippen LogP contribution in [0.5, 0.6) is 6.01 Å². The number of carbonyl (C=O) groups excluding carboxylic acids is 1. The molecule has 0 spiro atoms. The van der Waals surface area contributed by atoms with Gasteiger partial charge in [0, 0.05) is 51.5 Å². The molecule has 23 heavy (non-hydrogen) atoms. The lowest BCUT2D eigenvalue weighted by Crippen LogP contribution is -2.48. The van der Waals surface area contributed by atoms with Crippen LogP contribution in [0.4, 0.5) is 4.79 Å². The lowest BCUT2D eigenvalue weighted by atomic mass is 10.1. The van der Waals surface area contributed by atoms with E-state index in [4.69, 9.17) is 9.47 Å². The first-order valence-electron chi connectivity index (χ1n) is 8.30. The van der Waals surface area contributed by atoms with Crippen molar-refractivity contribution in [3.63, 3.8) is 0 Å². The third-order valence-electron chi connectivity index (χ3n) is 4.26. The first-order valence-corrected chi connectivity index (χ1v) is 8.30. The van der Waals surface area contributed by atoms with Crippen molar-refractivity contribution < 1.29 is 14.3 Å². The molecular formula is C16H24N4O3. The summed E-state index contributed by atoms with van der Waals surface area (Å²) in [5.74, 6) is 0. The van der Waals surface area contributed by atoms with Gasteiger partial charge in [0.05, 0.1) is 6.10 Å². The monoisotopic (exact) mass is 320 g/mol. The van der Waals surface area contributed by atoms with E-state index in [0.717, 1.165) is 37.9 Å². The van der Waals surface area contributed by atoms with Gasteiger partial charge >= 0.3 is 12.0 Å². The second-order valence-corrected chi connectivity index (χ2v) is 6.17. The van der Waals surface area contributed by atoms with Gasteiger partial charge in [-0.15, -0.1) is 0 Å². The molecule has 2 amide bonds. The molecule has 7 nitrogen and oxygen atoms in total. The van der Waals surface area contributed by atoms with Crippen molar-refractivity contribution in [1.29, 1.82) is 0 Å². The average Bonchev–Trinajstić information content (AvgIpc) is 3.09. The summed E-state index contributed by atoms with van der Waals surface area (Å²) in [7, 11) is 0. The Morgan fingerprint density at radius 1 is 1.35 bits per heavy atom. The van der Waals surface area contributed by atoms with Gasteiger partial charge in [0.15, 0.2) is 0 Å². The molecule has 0 aliphatic carbocycles. The van der Waals surface area contributed by atoms with Crippen LogP contribution in [-0.2, 0) is 4.74 Å². The molecule has 1 aromatic heterocycles. The summed E-state index contributed by atoms with van der Waals surface area (Å²) in [6.07, 6.45) is 7.46. The lowest BCUT2D eigenvalue weighted by molar-refractivity contribution is 0.0941. The largest absolute Gasteiger partial charge is 0.460 e. The van der Waals surface area contributed by atoms with E-state index in [2.05, 4.69) is 15.3 Å². The van der Waals surface area contributed by atoms with Gasteiger partial charge in [0.1, 0.15) is 6.10 Å². The van der Waals surface area contributed by atoms with Gasteiger partial charge in [0.2, 0.25) is 0 Å². The standard InChI is InChI=1S/C16H24N4O3/c1-12-9-17-15(18-10-12)23-13-4-6-20(7-5-13)16(21)19-11-14-3-2-8-22-14/h9-10,13-14H,2-8,11H2,1H3,(H,19,21). The fourth-order valence-electron chi connectivity index (χ4n) is 2.89. The molecule has 0 radical (unpaired) electrons. The molecule has 2 saturated heterocycles. The minimum absolute atomic E-state index is 0.00876. The van der Waals surface area contributed by atoms with Gasteiger partial charge in [-0.25, -0.2) is 14.8 Å². The van der Waals surface area contributed by atoms with E-state index in [0.29, 0.717) is 25.6 Å². The number of ether oxygens (including phenoxy) is 2. The molecule has 1 unspecified atom stereocenters. The van der Waals surface area contributed by atoms with Gasteiger partial charge in [-0.1, -0.05) is 0 Å². The Bertz CT molecular complexity index is 509. The van der Waals surface area contributed by atoms with Crippen LogP contribution < -0.4 is 10.1 Å². The number of nitrogens with one attached hydrogen (secondary N) is 1. The molecule has 2 fully saturated rings. The normalized spacial score (nSPS) is 22.1. The van der Waals surface area contributed by atoms with Crippen LogP contribution in [0.2, 0.25) is 0 Å². The third kappa shape index (κ3) is 4.54. The van der Waals surface area contributed by atoms with Crippen LogP contribution in [0, 0.1) is 6.92 Å². The number of urea groups is 1. The highest BCUT2D eigenvalue weighted by molar-refractivity contribution is 5.74. The second kappa shape index (κ2) is 7.59. The fraction of sp³-hybridized carbons (Fsp3) is 0.688. The SMILES string of the molecule is Cc1cnc(OC2CCN(C(=O)NCC3CCCO3)CC2)nc1. The van der Waals surface area contributed by atoms with E-state index in [1.165, 1.54) is 0 Å². The van der Waals surface area contributed by atoms with E-state index in [-0.39, 0.29) is 18.2 Å². The Balaban J connectivity index is 1.39. The summed E-state index contributed by atoms with van der Waals surface area (Å²) in [6.45, 7) is 4.73. The first kappa shape index (κ1) is 16.0. The zero-order valence-electron chi connectivity index (χ0n) is 13.5. The summed E-state index contributed by atoms with van der Waals surface area (Å²) in [4.78, 5) is 22.3. The maximum absolute atomic E-state index is 12.2. The van der Waals surface area contributed by atoms with Gasteiger partial charge in [-0.05, 0) is 25.3 Å². The van der Waals surface area contributed by atoms with Gasteiger partial charge < -0.3 is 19.7 Å². The number of hydrogen-bond donors (Lipinski definition) is 1. The van der Waals surface area contributed by atoms with E-state index in [9.17, 15) is 4.79 Å². The Labute approximate surface area is 136 Å². The van der Waals surface area contributed by atoms with Crippen molar-refractivity contribution in [3.05, 3.63) is 18.0 Å². The zero-order chi connectivity index (χ0) is 16.1. The van der Waals surface area contributed by atoms with E-state index in [1.54, 1.807) is 12.4 Å². The molecule has 2 aliphatic heterocycles. The number of aromatic nitrogens is 2. The van der Waals surface area contributed by atoms with Crippen LogP contribution >= 0.6 is 0 Å².